The van der Waals surface area contributed by atoms with Crippen LogP contribution in [0.1, 0.15) is 23.2 Å². The first kappa shape index (κ1) is 19.1. The van der Waals surface area contributed by atoms with Gasteiger partial charge < -0.3 is 19.9 Å². The molecule has 144 valence electrons. The average molecular weight is 369 g/mol. The Morgan fingerprint density at radius 3 is 2.74 bits per heavy atom. The van der Waals surface area contributed by atoms with Crippen LogP contribution in [0.3, 0.4) is 0 Å². The van der Waals surface area contributed by atoms with Crippen molar-refractivity contribution in [1.82, 2.24) is 20.2 Å². The van der Waals surface area contributed by atoms with E-state index in [1.165, 1.54) is 0 Å². The zero-order valence-corrected chi connectivity index (χ0v) is 16.0. The van der Waals surface area contributed by atoms with E-state index < -0.39 is 0 Å². The maximum Gasteiger partial charge on any atom is 0.255 e. The van der Waals surface area contributed by atoms with E-state index in [0.717, 1.165) is 37.5 Å². The van der Waals surface area contributed by atoms with Gasteiger partial charge in [-0.15, -0.1) is 0 Å². The first-order valence-corrected chi connectivity index (χ1v) is 9.35. The van der Waals surface area contributed by atoms with Crippen LogP contribution in [0.2, 0.25) is 0 Å². The molecule has 0 radical (unpaired) electrons. The number of piperidine rings is 1. The summed E-state index contributed by atoms with van der Waals surface area (Å²) >= 11 is 0. The number of likely N-dealkylation sites (tertiary alicyclic amines) is 1. The van der Waals surface area contributed by atoms with E-state index in [9.17, 15) is 4.79 Å². The summed E-state index contributed by atoms with van der Waals surface area (Å²) < 4.78 is 5.94. The van der Waals surface area contributed by atoms with E-state index in [-0.39, 0.29) is 12.0 Å². The summed E-state index contributed by atoms with van der Waals surface area (Å²) in [5.74, 6) is 1.68. The van der Waals surface area contributed by atoms with Crippen molar-refractivity contribution in [1.29, 1.82) is 0 Å². The molecule has 1 N–H and O–H groups in total. The Bertz CT molecular complexity index is 715. The van der Waals surface area contributed by atoms with Crippen LogP contribution < -0.4 is 15.0 Å². The highest BCUT2D eigenvalue weighted by Crippen LogP contribution is 2.20. The Balaban J connectivity index is 1.51. The number of amides is 1. The molecule has 0 aliphatic carbocycles. The van der Waals surface area contributed by atoms with Gasteiger partial charge in [0.05, 0.1) is 11.8 Å². The fraction of sp³-hybridized carbons (Fsp3) is 0.450. The molecule has 1 saturated heterocycles. The molecule has 1 aliphatic heterocycles. The number of likely N-dealkylation sites (N-methyl/N-ethyl adjacent to an activating group) is 2. The smallest absolute Gasteiger partial charge is 0.255 e. The van der Waals surface area contributed by atoms with Gasteiger partial charge in [0.1, 0.15) is 17.7 Å². The van der Waals surface area contributed by atoms with Crippen LogP contribution in [0.5, 0.6) is 5.75 Å². The van der Waals surface area contributed by atoms with Crippen LogP contribution in [0, 0.1) is 0 Å². The van der Waals surface area contributed by atoms with Gasteiger partial charge in [-0.3, -0.25) is 9.78 Å². The van der Waals surface area contributed by atoms with Gasteiger partial charge in [0.15, 0.2) is 0 Å². The zero-order chi connectivity index (χ0) is 19.1. The van der Waals surface area contributed by atoms with Gasteiger partial charge in [-0.25, -0.2) is 4.98 Å². The summed E-state index contributed by atoms with van der Waals surface area (Å²) in [5, 5.41) is 3.12. The lowest BCUT2D eigenvalue weighted by atomic mass is 10.1. The Hall–Kier alpha value is -2.67. The number of nitrogens with zero attached hydrogens (tertiary/aromatic N) is 4. The Kier molecular flexibility index (Phi) is 6.59. The van der Waals surface area contributed by atoms with Gasteiger partial charge in [-0.2, -0.15) is 0 Å². The highest BCUT2D eigenvalue weighted by atomic mass is 16.5. The molecule has 0 atom stereocenters. The Morgan fingerprint density at radius 1 is 1.30 bits per heavy atom. The lowest BCUT2D eigenvalue weighted by molar-refractivity contribution is 0.0594. The molecule has 0 spiro atoms. The molecule has 1 fully saturated rings. The molecular weight excluding hydrogens is 342 g/mol. The molecule has 1 aliphatic rings. The molecule has 7 heteroatoms. The van der Waals surface area contributed by atoms with Crippen molar-refractivity contribution in [2.45, 2.75) is 18.9 Å². The zero-order valence-electron chi connectivity index (χ0n) is 16.0. The second-order valence-corrected chi connectivity index (χ2v) is 6.73. The molecular formula is C20H27N5O2. The molecule has 2 aromatic rings. The minimum Gasteiger partial charge on any atom is -0.489 e. The van der Waals surface area contributed by atoms with Crippen molar-refractivity contribution < 1.29 is 9.53 Å². The van der Waals surface area contributed by atoms with Crippen LogP contribution in [-0.4, -0.2) is 67.2 Å². The number of carbonyl (C=O) groups excluding carboxylic acids is 1. The summed E-state index contributed by atoms with van der Waals surface area (Å²) in [6.45, 7) is 3.12. The number of aromatic nitrogens is 2. The number of nitrogens with one attached hydrogen (secondary N) is 1. The molecule has 7 nitrogen and oxygen atoms in total. The van der Waals surface area contributed by atoms with E-state index >= 15 is 0 Å². The van der Waals surface area contributed by atoms with Gasteiger partial charge in [-0.1, -0.05) is 0 Å². The topological polar surface area (TPSA) is 70.6 Å². The third-order valence-corrected chi connectivity index (χ3v) is 4.75. The first-order valence-electron chi connectivity index (χ1n) is 9.35. The maximum atomic E-state index is 12.7. The molecule has 0 aromatic carbocycles. The summed E-state index contributed by atoms with van der Waals surface area (Å²) in [7, 11) is 3.92. The predicted molar refractivity (Wildman–Crippen MR) is 105 cm³/mol. The summed E-state index contributed by atoms with van der Waals surface area (Å²) in [5.41, 5.74) is 0.632. The van der Waals surface area contributed by atoms with Crippen LogP contribution in [0.25, 0.3) is 0 Å². The largest absolute Gasteiger partial charge is 0.489 e. The monoisotopic (exact) mass is 369 g/mol. The van der Waals surface area contributed by atoms with E-state index in [1.54, 1.807) is 18.6 Å². The molecule has 27 heavy (non-hydrogen) atoms. The number of rotatable bonds is 7. The van der Waals surface area contributed by atoms with Crippen LogP contribution in [0.4, 0.5) is 5.82 Å². The van der Waals surface area contributed by atoms with E-state index in [2.05, 4.69) is 20.2 Å². The van der Waals surface area contributed by atoms with Gasteiger partial charge >= 0.3 is 0 Å². The number of ether oxygens (including phenoxy) is 1. The van der Waals surface area contributed by atoms with Crippen molar-refractivity contribution in [3.8, 4) is 5.75 Å². The van der Waals surface area contributed by atoms with Gasteiger partial charge in [0, 0.05) is 58.5 Å². The molecule has 0 saturated carbocycles. The standard InChI is InChI=1S/C20H27N5O2/c1-21-10-13-24(2)19-6-5-16(14-23-19)20(26)25-11-7-17(8-12-25)27-18-4-3-9-22-15-18/h3-6,9,14-15,17,21H,7-8,10-13H2,1-2H3. The SMILES string of the molecule is CNCCN(C)c1ccc(C(=O)N2CCC(Oc3cccnc3)CC2)cn1. The van der Waals surface area contributed by atoms with Gasteiger partial charge in [0.25, 0.3) is 5.91 Å². The second-order valence-electron chi connectivity index (χ2n) is 6.73. The van der Waals surface area contributed by atoms with Crippen molar-refractivity contribution >= 4 is 11.7 Å². The fourth-order valence-electron chi connectivity index (χ4n) is 3.10. The van der Waals surface area contributed by atoms with E-state index in [4.69, 9.17) is 4.74 Å². The lowest BCUT2D eigenvalue weighted by Gasteiger charge is -2.32. The number of carbonyl (C=O) groups is 1. The third-order valence-electron chi connectivity index (χ3n) is 4.75. The average Bonchev–Trinajstić information content (AvgIpc) is 2.73. The number of anilines is 1. The van der Waals surface area contributed by atoms with Gasteiger partial charge in [-0.05, 0) is 31.3 Å². The van der Waals surface area contributed by atoms with Crippen LogP contribution >= 0.6 is 0 Å². The molecule has 2 aromatic heterocycles. The maximum absolute atomic E-state index is 12.7. The summed E-state index contributed by atoms with van der Waals surface area (Å²) in [6.07, 6.45) is 6.88. The minimum absolute atomic E-state index is 0.0340. The summed E-state index contributed by atoms with van der Waals surface area (Å²) in [6, 6.07) is 7.53. The van der Waals surface area contributed by atoms with E-state index in [0.29, 0.717) is 18.7 Å². The first-order chi connectivity index (χ1) is 13.2. The van der Waals surface area contributed by atoms with Gasteiger partial charge in [0.2, 0.25) is 0 Å². The Labute approximate surface area is 160 Å². The molecule has 3 heterocycles. The number of hydrogen-bond donors (Lipinski definition) is 1. The predicted octanol–water partition coefficient (Wildman–Crippen LogP) is 1.82. The summed E-state index contributed by atoms with van der Waals surface area (Å²) in [4.78, 5) is 25.2. The second kappa shape index (κ2) is 9.32. The minimum atomic E-state index is 0.0340. The van der Waals surface area contributed by atoms with Crippen molar-refractivity contribution in [2.75, 3.05) is 45.2 Å². The van der Waals surface area contributed by atoms with Crippen molar-refractivity contribution in [3.05, 3.63) is 48.4 Å². The lowest BCUT2D eigenvalue weighted by Crippen LogP contribution is -2.41. The Morgan fingerprint density at radius 2 is 2.11 bits per heavy atom. The van der Waals surface area contributed by atoms with Crippen LogP contribution in [0.15, 0.2) is 42.9 Å². The fourth-order valence-corrected chi connectivity index (χ4v) is 3.10. The normalized spacial score (nSPS) is 14.8. The van der Waals surface area contributed by atoms with Crippen molar-refractivity contribution in [2.24, 2.45) is 0 Å². The molecule has 3 rings (SSSR count). The third kappa shape index (κ3) is 5.17. The van der Waals surface area contributed by atoms with Crippen LogP contribution in [-0.2, 0) is 0 Å². The molecule has 0 unspecified atom stereocenters. The quantitative estimate of drug-likeness (QED) is 0.803. The molecule has 0 bridgehead atoms. The molecule has 1 amide bonds. The number of hydrogen-bond acceptors (Lipinski definition) is 6. The highest BCUT2D eigenvalue weighted by Gasteiger charge is 2.25. The number of pyridine rings is 2. The van der Waals surface area contributed by atoms with Crippen molar-refractivity contribution in [3.63, 3.8) is 0 Å². The van der Waals surface area contributed by atoms with E-state index in [1.807, 2.05) is 43.3 Å². The highest BCUT2D eigenvalue weighted by molar-refractivity contribution is 5.94.